The van der Waals surface area contributed by atoms with E-state index in [1.807, 2.05) is 0 Å². The third-order valence-electron chi connectivity index (χ3n) is 13.9. The molecule has 5 aliphatic carbocycles. The summed E-state index contributed by atoms with van der Waals surface area (Å²) in [5.74, 6) is 0.0741. The van der Waals surface area contributed by atoms with Gasteiger partial charge in [0.05, 0.1) is 17.7 Å². The molecule has 5 saturated carbocycles. The minimum atomic E-state index is -0.711. The minimum Gasteiger partial charge on any atom is -0.481 e. The summed E-state index contributed by atoms with van der Waals surface area (Å²) in [7, 11) is 0. The highest BCUT2D eigenvalue weighted by Crippen LogP contribution is 2.77. The zero-order chi connectivity index (χ0) is 28.6. The Bertz CT molecular complexity index is 1090. The Labute approximate surface area is 233 Å². The molecule has 5 rings (SSSR count). The van der Waals surface area contributed by atoms with Crippen molar-refractivity contribution in [3.05, 3.63) is 12.2 Å². The quantitative estimate of drug-likeness (QED) is 0.168. The summed E-state index contributed by atoms with van der Waals surface area (Å²) in [6.45, 7) is 15.3. The van der Waals surface area contributed by atoms with E-state index < -0.39 is 16.8 Å². The molecule has 0 spiro atoms. The van der Waals surface area contributed by atoms with Crippen LogP contribution >= 0.6 is 0 Å². The molecule has 0 bridgehead atoms. The van der Waals surface area contributed by atoms with Crippen molar-refractivity contribution in [3.63, 3.8) is 0 Å². The van der Waals surface area contributed by atoms with E-state index in [1.165, 1.54) is 6.92 Å². The molecule has 5 fully saturated rings. The second kappa shape index (κ2) is 9.32. The smallest absolute Gasteiger partial charge is 0.309 e. The zero-order valence-electron chi connectivity index (χ0n) is 24.6. The van der Waals surface area contributed by atoms with Crippen molar-refractivity contribution in [3.8, 4) is 0 Å². The van der Waals surface area contributed by atoms with Gasteiger partial charge in [0.1, 0.15) is 6.61 Å². The monoisotopic (exact) mass is 543 g/mol. The molecule has 0 unspecified atom stereocenters. The largest absolute Gasteiger partial charge is 0.481 e. The van der Waals surface area contributed by atoms with Crippen LogP contribution in [0.1, 0.15) is 98.8 Å². The molecule has 0 aromatic carbocycles. The molecule has 0 saturated heterocycles. The number of hydrogen-bond acceptors (Lipinski definition) is 6. The Morgan fingerprint density at radius 2 is 1.69 bits per heavy atom. The summed E-state index contributed by atoms with van der Waals surface area (Å²) < 4.78 is 5.59. The van der Waals surface area contributed by atoms with Gasteiger partial charge in [-0.2, -0.15) is 0 Å². The number of aliphatic hydroxyl groups is 1. The van der Waals surface area contributed by atoms with Crippen molar-refractivity contribution >= 4 is 17.7 Å². The lowest BCUT2D eigenvalue weighted by atomic mass is 9.32. The summed E-state index contributed by atoms with van der Waals surface area (Å²) in [4.78, 5) is 24.7. The molecule has 0 aromatic rings. The van der Waals surface area contributed by atoms with Crippen LogP contribution in [0.4, 0.5) is 0 Å². The Balaban J connectivity index is 1.54. The third-order valence-corrected chi connectivity index (χ3v) is 13.9. The number of esters is 1. The van der Waals surface area contributed by atoms with E-state index in [1.54, 1.807) is 0 Å². The number of ether oxygens (including phenoxy) is 1. The highest BCUT2D eigenvalue weighted by atomic mass is 16.5. The number of hydrogen-bond donors (Lipinski definition) is 3. The van der Waals surface area contributed by atoms with Crippen LogP contribution in [-0.2, 0) is 14.3 Å². The van der Waals surface area contributed by atoms with Crippen molar-refractivity contribution in [1.82, 2.24) is 0 Å². The van der Waals surface area contributed by atoms with Gasteiger partial charge in [-0.25, -0.2) is 0 Å². The molecule has 10 atom stereocenters. The molecular weight excluding hydrogens is 494 g/mol. The van der Waals surface area contributed by atoms with Gasteiger partial charge in [-0.1, -0.05) is 39.4 Å². The van der Waals surface area contributed by atoms with Gasteiger partial charge in [-0.15, -0.1) is 0 Å². The fourth-order valence-corrected chi connectivity index (χ4v) is 11.8. The van der Waals surface area contributed by atoms with Crippen LogP contribution in [0, 0.1) is 56.7 Å². The van der Waals surface area contributed by atoms with Crippen LogP contribution in [0.2, 0.25) is 0 Å². The molecule has 218 valence electrons. The van der Waals surface area contributed by atoms with E-state index in [4.69, 9.17) is 4.74 Å². The molecule has 7 nitrogen and oxygen atoms in total. The van der Waals surface area contributed by atoms with Gasteiger partial charge in [-0.05, 0) is 116 Å². The number of carboxylic acids is 1. The van der Waals surface area contributed by atoms with Crippen molar-refractivity contribution in [2.45, 2.75) is 98.8 Å². The number of aliphatic hydroxyl groups excluding tert-OH is 1. The lowest BCUT2D eigenvalue weighted by Crippen LogP contribution is -2.67. The lowest BCUT2D eigenvalue weighted by molar-refractivity contribution is -0.233. The van der Waals surface area contributed by atoms with Crippen molar-refractivity contribution < 1.29 is 29.7 Å². The first-order valence-electron chi connectivity index (χ1n) is 15.1. The van der Waals surface area contributed by atoms with Gasteiger partial charge in [-0.3, -0.25) is 9.59 Å². The Morgan fingerprint density at radius 1 is 0.974 bits per heavy atom. The van der Waals surface area contributed by atoms with Crippen molar-refractivity contribution in [1.29, 1.82) is 0 Å². The summed E-state index contributed by atoms with van der Waals surface area (Å²) >= 11 is 0. The summed E-state index contributed by atoms with van der Waals surface area (Å²) in [5.41, 5.74) is 0.355. The maximum atomic E-state index is 12.9. The topological polar surface area (TPSA) is 116 Å². The average molecular weight is 544 g/mol. The standard InChI is InChI=1S/C32H49NO6/c1-19(17-34)21-9-14-32(27(36)37)16-15-30(5)22(26(21)32)7-8-24-28(3)12-11-25(33-38)29(4,18-39-20(2)35)23(28)10-13-31(24,30)6/h21-24,26,34,38H,1,7-18H2,2-6H3,(H,36,37)/b33-25+/t21-,22+,23+,24+,26+,28-,29-,30+,31+,32-/m0/s1. The molecule has 0 radical (unpaired) electrons. The van der Waals surface area contributed by atoms with E-state index in [0.717, 1.165) is 56.2 Å². The number of carbonyl (C=O) groups excluding carboxylic acids is 1. The van der Waals surface area contributed by atoms with Crippen LogP contribution in [-0.4, -0.2) is 46.3 Å². The summed E-state index contributed by atoms with van der Waals surface area (Å²) in [5, 5.41) is 34.3. The molecule has 7 heteroatoms. The first kappa shape index (κ1) is 28.6. The zero-order valence-corrected chi connectivity index (χ0v) is 24.6. The van der Waals surface area contributed by atoms with Gasteiger partial charge >= 0.3 is 11.9 Å². The Morgan fingerprint density at radius 3 is 2.31 bits per heavy atom. The Kier molecular flexibility index (Phi) is 6.84. The van der Waals surface area contributed by atoms with Crippen LogP contribution < -0.4 is 0 Å². The average Bonchev–Trinajstić information content (AvgIpc) is 3.29. The van der Waals surface area contributed by atoms with Crippen molar-refractivity contribution in [2.24, 2.45) is 61.8 Å². The van der Waals surface area contributed by atoms with E-state index in [-0.39, 0.29) is 59.1 Å². The highest BCUT2D eigenvalue weighted by molar-refractivity contribution is 5.91. The van der Waals surface area contributed by atoms with Gasteiger partial charge in [0.25, 0.3) is 0 Å². The summed E-state index contributed by atoms with van der Waals surface area (Å²) in [6, 6.07) is 0. The van der Waals surface area contributed by atoms with Gasteiger partial charge in [0.15, 0.2) is 0 Å². The van der Waals surface area contributed by atoms with E-state index in [0.29, 0.717) is 25.2 Å². The summed E-state index contributed by atoms with van der Waals surface area (Å²) in [6.07, 6.45) is 8.77. The van der Waals surface area contributed by atoms with Crippen molar-refractivity contribution in [2.75, 3.05) is 13.2 Å². The molecular formula is C32H49NO6. The van der Waals surface area contributed by atoms with Crippen LogP contribution in [0.3, 0.4) is 0 Å². The van der Waals surface area contributed by atoms with Gasteiger partial charge in [0, 0.05) is 12.3 Å². The maximum Gasteiger partial charge on any atom is 0.309 e. The molecule has 0 heterocycles. The minimum absolute atomic E-state index is 0.00479. The number of oxime groups is 1. The number of nitrogens with zero attached hydrogens (tertiary/aromatic N) is 1. The Hall–Kier alpha value is -1.89. The number of carboxylic acid groups (broad SMARTS) is 1. The molecule has 39 heavy (non-hydrogen) atoms. The highest BCUT2D eigenvalue weighted by Gasteiger charge is 2.72. The molecule has 0 amide bonds. The van der Waals surface area contributed by atoms with E-state index in [2.05, 4.69) is 39.4 Å². The number of fused-ring (bicyclic) bond motifs is 7. The fourth-order valence-electron chi connectivity index (χ4n) is 11.8. The number of aliphatic carboxylic acids is 1. The predicted octanol–water partition coefficient (Wildman–Crippen LogP) is 6.07. The van der Waals surface area contributed by atoms with Gasteiger partial charge < -0.3 is 20.2 Å². The molecule has 0 aromatic heterocycles. The molecule has 0 aliphatic heterocycles. The van der Waals surface area contributed by atoms with Crippen LogP contribution in [0.25, 0.3) is 0 Å². The second-order valence-corrected chi connectivity index (χ2v) is 14.9. The lowest BCUT2D eigenvalue weighted by Gasteiger charge is -2.72. The third kappa shape index (κ3) is 3.66. The van der Waals surface area contributed by atoms with Gasteiger partial charge in [0.2, 0.25) is 0 Å². The molecule has 5 aliphatic rings. The maximum absolute atomic E-state index is 12.9. The van der Waals surface area contributed by atoms with E-state index in [9.17, 15) is 25.0 Å². The first-order valence-corrected chi connectivity index (χ1v) is 15.1. The SMILES string of the molecule is C=C(CO)[C@@H]1CC[C@]2(C(=O)O)CC[C@]3(C)[C@H](CC[C@@H]4[C@@]5(C)CC/C(=N\O)[C@@](C)(COC(C)=O)[C@@H]5CC[C@]43C)[C@@H]12. The van der Waals surface area contributed by atoms with E-state index >= 15 is 0 Å². The van der Waals surface area contributed by atoms with Crippen LogP contribution in [0.5, 0.6) is 0 Å². The predicted molar refractivity (Wildman–Crippen MR) is 148 cm³/mol. The molecule has 3 N–H and O–H groups in total. The first-order chi connectivity index (χ1) is 18.2. The normalized spacial score (nSPS) is 49.8. The number of carbonyl (C=O) groups is 2. The fraction of sp³-hybridized carbons (Fsp3) is 0.844. The second-order valence-electron chi connectivity index (χ2n) is 14.9. The number of rotatable bonds is 5. The van der Waals surface area contributed by atoms with Crippen LogP contribution in [0.15, 0.2) is 17.3 Å².